The Labute approximate surface area is 143 Å². The molecule has 6 nitrogen and oxygen atoms in total. The van der Waals surface area contributed by atoms with Crippen molar-refractivity contribution in [2.45, 2.75) is 56.3 Å². The highest BCUT2D eigenvalue weighted by Crippen LogP contribution is 2.44. The van der Waals surface area contributed by atoms with Gasteiger partial charge < -0.3 is 14.4 Å². The third-order valence-electron chi connectivity index (χ3n) is 6.11. The Hall–Kier alpha value is -1.40. The number of aryl methyl sites for hydroxylation is 1. The molecule has 24 heavy (non-hydrogen) atoms. The van der Waals surface area contributed by atoms with E-state index >= 15 is 0 Å². The van der Waals surface area contributed by atoms with E-state index in [9.17, 15) is 4.79 Å². The summed E-state index contributed by atoms with van der Waals surface area (Å²) in [6.45, 7) is 1.63. The normalized spacial score (nSPS) is 32.8. The van der Waals surface area contributed by atoms with Gasteiger partial charge in [-0.3, -0.25) is 9.48 Å². The van der Waals surface area contributed by atoms with E-state index in [1.807, 2.05) is 11.9 Å². The first-order valence-electron chi connectivity index (χ1n) is 9.09. The smallest absolute Gasteiger partial charge is 0.272 e. The van der Waals surface area contributed by atoms with Crippen LogP contribution in [-0.2, 0) is 16.5 Å². The van der Waals surface area contributed by atoms with Crippen LogP contribution in [0.5, 0.6) is 0 Å². The fraction of sp³-hybridized carbons (Fsp3) is 0.778. The predicted molar refractivity (Wildman–Crippen MR) is 88.7 cm³/mol. The van der Waals surface area contributed by atoms with Crippen LogP contribution in [0.4, 0.5) is 0 Å². The third-order valence-corrected chi connectivity index (χ3v) is 6.11. The van der Waals surface area contributed by atoms with E-state index < -0.39 is 0 Å². The van der Waals surface area contributed by atoms with E-state index in [-0.39, 0.29) is 23.7 Å². The molecule has 0 N–H and O–H groups in total. The first-order valence-corrected chi connectivity index (χ1v) is 9.09. The van der Waals surface area contributed by atoms with Crippen molar-refractivity contribution < 1.29 is 14.3 Å². The summed E-state index contributed by atoms with van der Waals surface area (Å²) >= 11 is 0. The van der Waals surface area contributed by atoms with Gasteiger partial charge in [0.15, 0.2) is 0 Å². The first kappa shape index (κ1) is 16.1. The molecule has 0 aromatic carbocycles. The number of amides is 1. The van der Waals surface area contributed by atoms with E-state index in [0.29, 0.717) is 5.69 Å². The van der Waals surface area contributed by atoms with Crippen molar-refractivity contribution in [3.63, 3.8) is 0 Å². The zero-order valence-corrected chi connectivity index (χ0v) is 14.6. The lowest BCUT2D eigenvalue weighted by atomic mass is 9.79. The predicted octanol–water partition coefficient (Wildman–Crippen LogP) is 2.00. The second kappa shape index (κ2) is 6.15. The molecule has 1 aliphatic heterocycles. The molecule has 0 unspecified atom stereocenters. The average Bonchev–Trinajstić information content (AvgIpc) is 3.21. The van der Waals surface area contributed by atoms with Gasteiger partial charge in [-0.15, -0.1) is 0 Å². The van der Waals surface area contributed by atoms with E-state index in [1.165, 1.54) is 12.8 Å². The van der Waals surface area contributed by atoms with Crippen LogP contribution in [0.2, 0.25) is 0 Å². The van der Waals surface area contributed by atoms with E-state index in [2.05, 4.69) is 5.10 Å². The van der Waals surface area contributed by atoms with Gasteiger partial charge >= 0.3 is 0 Å². The molecule has 3 atom stereocenters. The number of nitrogens with zero attached hydrogens (tertiary/aromatic N) is 3. The number of carbonyl (C=O) groups excluding carboxylic acids is 1. The fourth-order valence-corrected chi connectivity index (χ4v) is 4.34. The monoisotopic (exact) mass is 333 g/mol. The van der Waals surface area contributed by atoms with Gasteiger partial charge in [0.2, 0.25) is 0 Å². The zero-order valence-electron chi connectivity index (χ0n) is 14.6. The lowest BCUT2D eigenvalue weighted by Gasteiger charge is -2.43. The van der Waals surface area contributed by atoms with Gasteiger partial charge in [0.1, 0.15) is 5.69 Å². The summed E-state index contributed by atoms with van der Waals surface area (Å²) in [6, 6.07) is 1.89. The number of hydrogen-bond acceptors (Lipinski definition) is 4. The molecule has 132 valence electrons. The fourth-order valence-electron chi connectivity index (χ4n) is 4.34. The maximum atomic E-state index is 13.0. The molecule has 1 aromatic rings. The summed E-state index contributed by atoms with van der Waals surface area (Å²) in [5.74, 6) is 0.830. The van der Waals surface area contributed by atoms with Crippen molar-refractivity contribution in [3.8, 4) is 0 Å². The number of carbonyl (C=O) groups is 1. The Morgan fingerprint density at radius 3 is 2.88 bits per heavy atom. The van der Waals surface area contributed by atoms with E-state index in [0.717, 1.165) is 44.8 Å². The number of rotatable bonds is 5. The molecule has 0 bridgehead atoms. The zero-order chi connectivity index (χ0) is 16.7. The number of aromatic nitrogens is 2. The number of ether oxygens (including phenoxy) is 2. The summed E-state index contributed by atoms with van der Waals surface area (Å²) in [5.41, 5.74) is 0.441. The molecule has 0 radical (unpaired) electrons. The van der Waals surface area contributed by atoms with Crippen molar-refractivity contribution in [2.24, 2.45) is 13.0 Å². The molecule has 2 aliphatic carbocycles. The van der Waals surface area contributed by atoms with Gasteiger partial charge in [-0.05, 0) is 50.5 Å². The Bertz CT molecular complexity index is 612. The van der Waals surface area contributed by atoms with Gasteiger partial charge in [0, 0.05) is 33.5 Å². The standard InChI is InChI=1S/C18H27N3O3/c1-20-15(6-9-19-20)17(22)21-10-8-18(23-2)7-5-14(11-16(18)21)24-12-13-3-4-13/h6,9,13-14,16H,3-5,7-8,10-12H2,1-2H3/t14-,16+,18-/m1/s1. The van der Waals surface area contributed by atoms with Gasteiger partial charge in [0.25, 0.3) is 5.91 Å². The SMILES string of the molecule is CO[C@@]12CC[C@@H](OCC3CC3)C[C@@H]1N(C(=O)c1ccnn1C)CC2. The summed E-state index contributed by atoms with van der Waals surface area (Å²) < 4.78 is 13.7. The molecule has 0 spiro atoms. The molecule has 1 saturated heterocycles. The minimum Gasteiger partial charge on any atom is -0.378 e. The van der Waals surface area contributed by atoms with E-state index in [1.54, 1.807) is 24.1 Å². The van der Waals surface area contributed by atoms with Crippen LogP contribution in [0.1, 0.15) is 49.0 Å². The molecule has 3 aliphatic rings. The molecule has 1 amide bonds. The van der Waals surface area contributed by atoms with Crippen LogP contribution in [0, 0.1) is 5.92 Å². The number of likely N-dealkylation sites (tertiary alicyclic amines) is 1. The van der Waals surface area contributed by atoms with Crippen LogP contribution in [0.25, 0.3) is 0 Å². The van der Waals surface area contributed by atoms with Crippen molar-refractivity contribution in [3.05, 3.63) is 18.0 Å². The molecule has 3 fully saturated rings. The molecular weight excluding hydrogens is 306 g/mol. The molecule has 6 heteroatoms. The number of fused-ring (bicyclic) bond motifs is 1. The topological polar surface area (TPSA) is 56.6 Å². The maximum absolute atomic E-state index is 13.0. The van der Waals surface area contributed by atoms with Crippen LogP contribution >= 0.6 is 0 Å². The van der Waals surface area contributed by atoms with Crippen LogP contribution < -0.4 is 0 Å². The van der Waals surface area contributed by atoms with Crippen molar-refractivity contribution >= 4 is 5.91 Å². The van der Waals surface area contributed by atoms with Crippen LogP contribution in [0.3, 0.4) is 0 Å². The van der Waals surface area contributed by atoms with Gasteiger partial charge in [-0.2, -0.15) is 5.10 Å². The van der Waals surface area contributed by atoms with Gasteiger partial charge in [-0.25, -0.2) is 0 Å². The highest BCUT2D eigenvalue weighted by molar-refractivity contribution is 5.93. The first-order chi connectivity index (χ1) is 11.6. The quantitative estimate of drug-likeness (QED) is 0.827. The summed E-state index contributed by atoms with van der Waals surface area (Å²) in [6.07, 6.45) is 8.33. The van der Waals surface area contributed by atoms with Gasteiger partial charge in [0.05, 0.1) is 17.7 Å². The highest BCUT2D eigenvalue weighted by Gasteiger charge is 2.53. The molecule has 2 saturated carbocycles. The number of methoxy groups -OCH3 is 1. The van der Waals surface area contributed by atoms with Gasteiger partial charge in [-0.1, -0.05) is 0 Å². The largest absolute Gasteiger partial charge is 0.378 e. The molecule has 2 heterocycles. The third kappa shape index (κ3) is 2.75. The highest BCUT2D eigenvalue weighted by atomic mass is 16.5. The lowest BCUT2D eigenvalue weighted by molar-refractivity contribution is -0.0977. The summed E-state index contributed by atoms with van der Waals surface area (Å²) in [7, 11) is 3.60. The number of hydrogen-bond donors (Lipinski definition) is 0. The lowest BCUT2D eigenvalue weighted by Crippen LogP contribution is -2.53. The van der Waals surface area contributed by atoms with Crippen molar-refractivity contribution in [1.82, 2.24) is 14.7 Å². The average molecular weight is 333 g/mol. The summed E-state index contributed by atoms with van der Waals surface area (Å²) in [4.78, 5) is 15.0. The Morgan fingerprint density at radius 2 is 2.21 bits per heavy atom. The van der Waals surface area contributed by atoms with E-state index in [4.69, 9.17) is 9.47 Å². The molecular formula is C18H27N3O3. The van der Waals surface area contributed by atoms with Crippen molar-refractivity contribution in [1.29, 1.82) is 0 Å². The van der Waals surface area contributed by atoms with Crippen LogP contribution in [-0.4, -0.2) is 58.6 Å². The minimum atomic E-state index is -0.201. The molecule has 4 rings (SSSR count). The van der Waals surface area contributed by atoms with Crippen molar-refractivity contribution in [2.75, 3.05) is 20.3 Å². The maximum Gasteiger partial charge on any atom is 0.272 e. The Morgan fingerprint density at radius 1 is 1.38 bits per heavy atom. The minimum absolute atomic E-state index is 0.0572. The Kier molecular flexibility index (Phi) is 4.12. The van der Waals surface area contributed by atoms with Crippen LogP contribution in [0.15, 0.2) is 12.3 Å². The second-order valence-corrected chi connectivity index (χ2v) is 7.55. The second-order valence-electron chi connectivity index (χ2n) is 7.55. The Balaban J connectivity index is 1.50. The molecule has 1 aromatic heterocycles. The summed E-state index contributed by atoms with van der Waals surface area (Å²) in [5, 5.41) is 4.13.